The van der Waals surface area contributed by atoms with Gasteiger partial charge in [0.1, 0.15) is 17.3 Å². The van der Waals surface area contributed by atoms with Gasteiger partial charge in [-0.25, -0.2) is 9.97 Å². The fourth-order valence-electron chi connectivity index (χ4n) is 3.05. The van der Waals surface area contributed by atoms with Crippen LogP contribution in [-0.2, 0) is 6.54 Å². The predicted octanol–water partition coefficient (Wildman–Crippen LogP) is 5.03. The number of carbonyl (C=O) groups is 1. The maximum atomic E-state index is 12.3. The molecule has 6 nitrogen and oxygen atoms in total. The highest BCUT2D eigenvalue weighted by atomic mass is 16.3. The van der Waals surface area contributed by atoms with Gasteiger partial charge in [-0.05, 0) is 62.4 Å². The Morgan fingerprint density at radius 2 is 1.83 bits per heavy atom. The third-order valence-corrected chi connectivity index (χ3v) is 4.57. The number of benzene rings is 2. The van der Waals surface area contributed by atoms with Crippen LogP contribution in [0.5, 0.6) is 0 Å². The molecule has 0 unspecified atom stereocenters. The summed E-state index contributed by atoms with van der Waals surface area (Å²) in [5.74, 6) is 2.75. The van der Waals surface area contributed by atoms with E-state index < -0.39 is 0 Å². The summed E-state index contributed by atoms with van der Waals surface area (Å²) in [5, 5.41) is 6.11. The second-order valence-corrected chi connectivity index (χ2v) is 7.03. The number of nitrogens with zero attached hydrogens (tertiary/aromatic N) is 2. The molecule has 2 aromatic heterocycles. The lowest BCUT2D eigenvalue weighted by atomic mass is 10.1. The molecule has 0 saturated heterocycles. The Balaban J connectivity index is 1.41. The van der Waals surface area contributed by atoms with Crippen LogP contribution < -0.4 is 10.6 Å². The second kappa shape index (κ2) is 8.61. The number of rotatable bonds is 6. The van der Waals surface area contributed by atoms with E-state index in [4.69, 9.17) is 4.42 Å². The molecule has 2 aromatic carbocycles. The molecule has 0 bridgehead atoms. The first-order valence-electron chi connectivity index (χ1n) is 9.67. The SMILES string of the molecule is Cc1cccc(-c2nccc(Nc3ccc(C(=O)NCc4ccc(C)o4)cc3)n2)c1. The molecule has 4 rings (SSSR count). The fourth-order valence-corrected chi connectivity index (χ4v) is 3.05. The fraction of sp³-hybridized carbons (Fsp3) is 0.125. The molecule has 1 amide bonds. The van der Waals surface area contributed by atoms with Gasteiger partial charge < -0.3 is 15.1 Å². The van der Waals surface area contributed by atoms with Crippen LogP contribution in [-0.4, -0.2) is 15.9 Å². The molecule has 0 aliphatic carbocycles. The lowest BCUT2D eigenvalue weighted by Gasteiger charge is -2.09. The standard InChI is InChI=1S/C24H22N4O2/c1-16-4-3-5-19(14-16)23-25-13-12-22(28-23)27-20-9-7-18(8-10-20)24(29)26-15-21-11-6-17(2)30-21/h3-14H,15H2,1-2H3,(H,26,29)(H,25,27,28). The zero-order valence-electron chi connectivity index (χ0n) is 16.8. The maximum absolute atomic E-state index is 12.3. The zero-order valence-corrected chi connectivity index (χ0v) is 16.8. The van der Waals surface area contributed by atoms with Crippen LogP contribution in [0.25, 0.3) is 11.4 Å². The Labute approximate surface area is 175 Å². The van der Waals surface area contributed by atoms with Gasteiger partial charge in [0.25, 0.3) is 5.91 Å². The summed E-state index contributed by atoms with van der Waals surface area (Å²) in [5.41, 5.74) is 3.54. The number of hydrogen-bond acceptors (Lipinski definition) is 5. The molecule has 2 N–H and O–H groups in total. The third-order valence-electron chi connectivity index (χ3n) is 4.57. The first-order chi connectivity index (χ1) is 14.6. The Hall–Kier alpha value is -3.93. The molecule has 6 heteroatoms. The summed E-state index contributed by atoms with van der Waals surface area (Å²) in [4.78, 5) is 21.3. The number of aryl methyl sites for hydroxylation is 2. The van der Waals surface area contributed by atoms with Crippen molar-refractivity contribution in [1.82, 2.24) is 15.3 Å². The van der Waals surface area contributed by atoms with Crippen LogP contribution in [0.2, 0.25) is 0 Å². The van der Waals surface area contributed by atoms with E-state index in [1.807, 2.05) is 62.4 Å². The average Bonchev–Trinajstić information content (AvgIpc) is 3.18. The Bertz CT molecular complexity index is 1170. The largest absolute Gasteiger partial charge is 0.465 e. The normalized spacial score (nSPS) is 10.6. The summed E-state index contributed by atoms with van der Waals surface area (Å²) in [6, 6.07) is 20.9. The summed E-state index contributed by atoms with van der Waals surface area (Å²) in [6.07, 6.45) is 1.73. The predicted molar refractivity (Wildman–Crippen MR) is 117 cm³/mol. The van der Waals surface area contributed by atoms with Crippen molar-refractivity contribution < 1.29 is 9.21 Å². The lowest BCUT2D eigenvalue weighted by Crippen LogP contribution is -2.22. The van der Waals surface area contributed by atoms with Crippen LogP contribution >= 0.6 is 0 Å². The van der Waals surface area contributed by atoms with Crippen molar-refractivity contribution >= 4 is 17.4 Å². The minimum absolute atomic E-state index is 0.153. The average molecular weight is 398 g/mol. The number of anilines is 2. The first-order valence-corrected chi connectivity index (χ1v) is 9.67. The summed E-state index contributed by atoms with van der Waals surface area (Å²) in [7, 11) is 0. The zero-order chi connectivity index (χ0) is 20.9. The van der Waals surface area contributed by atoms with Gasteiger partial charge in [0.05, 0.1) is 6.54 Å². The number of nitrogens with one attached hydrogen (secondary N) is 2. The number of furan rings is 1. The minimum Gasteiger partial charge on any atom is -0.465 e. The van der Waals surface area contributed by atoms with Crippen LogP contribution in [0, 0.1) is 13.8 Å². The van der Waals surface area contributed by atoms with Gasteiger partial charge >= 0.3 is 0 Å². The first kappa shape index (κ1) is 19.4. The third kappa shape index (κ3) is 4.72. The van der Waals surface area contributed by atoms with Crippen molar-refractivity contribution in [3.63, 3.8) is 0 Å². The quantitative estimate of drug-likeness (QED) is 0.476. The molecule has 0 aliphatic rings. The molecular weight excluding hydrogens is 376 g/mol. The molecule has 0 aliphatic heterocycles. The summed E-state index contributed by atoms with van der Waals surface area (Å²) in [6.45, 7) is 4.27. The van der Waals surface area contributed by atoms with Crippen molar-refractivity contribution in [2.24, 2.45) is 0 Å². The molecule has 0 atom stereocenters. The highest BCUT2D eigenvalue weighted by Crippen LogP contribution is 2.20. The topological polar surface area (TPSA) is 80.0 Å². The highest BCUT2D eigenvalue weighted by Gasteiger charge is 2.08. The molecule has 30 heavy (non-hydrogen) atoms. The number of aromatic nitrogens is 2. The monoisotopic (exact) mass is 398 g/mol. The summed E-state index contributed by atoms with van der Waals surface area (Å²) >= 11 is 0. The van der Waals surface area contributed by atoms with Gasteiger partial charge in [0.2, 0.25) is 0 Å². The van der Waals surface area contributed by atoms with Crippen LogP contribution in [0.3, 0.4) is 0 Å². The lowest BCUT2D eigenvalue weighted by molar-refractivity contribution is 0.0948. The summed E-state index contributed by atoms with van der Waals surface area (Å²) < 4.78 is 5.47. The van der Waals surface area contributed by atoms with Crippen molar-refractivity contribution in [3.8, 4) is 11.4 Å². The molecule has 0 radical (unpaired) electrons. The highest BCUT2D eigenvalue weighted by molar-refractivity contribution is 5.94. The molecule has 4 aromatic rings. The van der Waals surface area contributed by atoms with Gasteiger partial charge in [0.15, 0.2) is 5.82 Å². The van der Waals surface area contributed by atoms with E-state index in [0.717, 1.165) is 28.3 Å². The number of carbonyl (C=O) groups excluding carboxylic acids is 1. The van der Waals surface area contributed by atoms with Gasteiger partial charge in [-0.2, -0.15) is 0 Å². The van der Waals surface area contributed by atoms with Crippen molar-refractivity contribution in [2.75, 3.05) is 5.32 Å². The van der Waals surface area contributed by atoms with Gasteiger partial charge in [-0.15, -0.1) is 0 Å². The molecular formula is C24H22N4O2. The van der Waals surface area contributed by atoms with E-state index in [0.29, 0.717) is 23.8 Å². The van der Waals surface area contributed by atoms with E-state index in [-0.39, 0.29) is 5.91 Å². The van der Waals surface area contributed by atoms with E-state index in [1.165, 1.54) is 0 Å². The van der Waals surface area contributed by atoms with Crippen molar-refractivity contribution in [1.29, 1.82) is 0 Å². The molecule has 0 fully saturated rings. The molecule has 2 heterocycles. The molecule has 0 spiro atoms. The van der Waals surface area contributed by atoms with Crippen molar-refractivity contribution in [2.45, 2.75) is 20.4 Å². The molecule has 150 valence electrons. The van der Waals surface area contributed by atoms with Gasteiger partial charge in [-0.1, -0.05) is 23.8 Å². The van der Waals surface area contributed by atoms with Crippen LogP contribution in [0.15, 0.2) is 77.3 Å². The Kier molecular flexibility index (Phi) is 5.57. The van der Waals surface area contributed by atoms with Gasteiger partial charge in [-0.3, -0.25) is 4.79 Å². The smallest absolute Gasteiger partial charge is 0.251 e. The van der Waals surface area contributed by atoms with Crippen molar-refractivity contribution in [3.05, 3.63) is 95.6 Å². The van der Waals surface area contributed by atoms with E-state index in [1.54, 1.807) is 18.3 Å². The Morgan fingerprint density at radius 1 is 1.00 bits per heavy atom. The second-order valence-electron chi connectivity index (χ2n) is 7.03. The van der Waals surface area contributed by atoms with E-state index in [9.17, 15) is 4.79 Å². The Morgan fingerprint density at radius 3 is 2.57 bits per heavy atom. The van der Waals surface area contributed by atoms with Gasteiger partial charge in [0, 0.05) is 23.0 Å². The minimum atomic E-state index is -0.153. The number of hydrogen-bond donors (Lipinski definition) is 2. The van der Waals surface area contributed by atoms with Crippen LogP contribution in [0.4, 0.5) is 11.5 Å². The number of amides is 1. The van der Waals surface area contributed by atoms with E-state index >= 15 is 0 Å². The van der Waals surface area contributed by atoms with E-state index in [2.05, 4.69) is 26.7 Å². The molecule has 0 saturated carbocycles. The van der Waals surface area contributed by atoms with Crippen LogP contribution in [0.1, 0.15) is 27.4 Å². The maximum Gasteiger partial charge on any atom is 0.251 e.